The molecular weight excluding hydrogens is 244 g/mol. The lowest BCUT2D eigenvalue weighted by molar-refractivity contribution is 0.424. The van der Waals surface area contributed by atoms with Crippen LogP contribution in [0.2, 0.25) is 0 Å². The van der Waals surface area contributed by atoms with Crippen molar-refractivity contribution in [2.45, 2.75) is 32.0 Å². The van der Waals surface area contributed by atoms with Crippen LogP contribution < -0.4 is 9.80 Å². The summed E-state index contributed by atoms with van der Waals surface area (Å²) in [5.74, 6) is 0. The summed E-state index contributed by atoms with van der Waals surface area (Å²) in [5.41, 5.74) is 4.25. The Morgan fingerprint density at radius 1 is 0.800 bits per heavy atom. The SMILES string of the molecule is c1ccc(N2Cc3ccccc3N3CCCCC23)cc1. The van der Waals surface area contributed by atoms with Gasteiger partial charge in [0.05, 0.1) is 0 Å². The van der Waals surface area contributed by atoms with Crippen LogP contribution in [-0.2, 0) is 6.54 Å². The smallest absolute Gasteiger partial charge is 0.102 e. The highest BCUT2D eigenvalue weighted by Gasteiger charge is 2.33. The first kappa shape index (κ1) is 11.8. The fraction of sp³-hybridized carbons (Fsp3) is 0.333. The van der Waals surface area contributed by atoms with E-state index in [0.29, 0.717) is 6.17 Å². The lowest BCUT2D eigenvalue weighted by Crippen LogP contribution is -2.54. The number of benzene rings is 2. The second-order valence-corrected chi connectivity index (χ2v) is 5.76. The molecule has 20 heavy (non-hydrogen) atoms. The van der Waals surface area contributed by atoms with E-state index in [-0.39, 0.29) is 0 Å². The average Bonchev–Trinajstić information content (AvgIpc) is 2.55. The second-order valence-electron chi connectivity index (χ2n) is 5.76. The fourth-order valence-electron chi connectivity index (χ4n) is 3.62. The summed E-state index contributed by atoms with van der Waals surface area (Å²) in [6, 6.07) is 19.7. The highest BCUT2D eigenvalue weighted by atomic mass is 15.4. The first-order valence-corrected chi connectivity index (χ1v) is 7.60. The van der Waals surface area contributed by atoms with Crippen LogP contribution in [0.15, 0.2) is 54.6 Å². The lowest BCUT2D eigenvalue weighted by atomic mass is 9.98. The van der Waals surface area contributed by atoms with Gasteiger partial charge in [-0.2, -0.15) is 0 Å². The minimum Gasteiger partial charge on any atom is -0.351 e. The number of nitrogens with zero attached hydrogens (tertiary/aromatic N) is 2. The zero-order chi connectivity index (χ0) is 13.4. The molecule has 2 aliphatic heterocycles. The average molecular weight is 264 g/mol. The fourth-order valence-corrected chi connectivity index (χ4v) is 3.62. The first-order valence-electron chi connectivity index (χ1n) is 7.60. The molecule has 0 amide bonds. The molecule has 2 aliphatic rings. The molecule has 0 spiro atoms. The van der Waals surface area contributed by atoms with Gasteiger partial charge in [0.2, 0.25) is 0 Å². The summed E-state index contributed by atoms with van der Waals surface area (Å²) >= 11 is 0. The molecule has 1 fully saturated rings. The topological polar surface area (TPSA) is 6.48 Å². The summed E-state index contributed by atoms with van der Waals surface area (Å²) in [7, 11) is 0. The van der Waals surface area contributed by atoms with Crippen molar-refractivity contribution in [2.24, 2.45) is 0 Å². The Bertz CT molecular complexity index is 593. The van der Waals surface area contributed by atoms with Crippen LogP contribution in [0.1, 0.15) is 24.8 Å². The molecule has 4 rings (SSSR count). The molecule has 2 nitrogen and oxygen atoms in total. The van der Waals surface area contributed by atoms with E-state index in [1.54, 1.807) is 0 Å². The van der Waals surface area contributed by atoms with Crippen LogP contribution >= 0.6 is 0 Å². The van der Waals surface area contributed by atoms with Crippen LogP contribution in [0.25, 0.3) is 0 Å². The van der Waals surface area contributed by atoms with Crippen molar-refractivity contribution in [2.75, 3.05) is 16.3 Å². The Labute approximate surface area is 120 Å². The zero-order valence-electron chi connectivity index (χ0n) is 11.7. The Balaban J connectivity index is 1.78. The first-order chi connectivity index (χ1) is 9.93. The second kappa shape index (κ2) is 4.86. The van der Waals surface area contributed by atoms with E-state index < -0.39 is 0 Å². The Kier molecular flexibility index (Phi) is 2.87. The Morgan fingerprint density at radius 2 is 1.60 bits per heavy atom. The third-order valence-electron chi connectivity index (χ3n) is 4.56. The Morgan fingerprint density at radius 3 is 2.50 bits per heavy atom. The molecular formula is C18H20N2. The molecule has 1 saturated heterocycles. The molecule has 0 aromatic heterocycles. The van der Waals surface area contributed by atoms with Gasteiger partial charge in [0.25, 0.3) is 0 Å². The van der Waals surface area contributed by atoms with Gasteiger partial charge in [-0.25, -0.2) is 0 Å². The maximum atomic E-state index is 2.61. The van der Waals surface area contributed by atoms with Crippen LogP contribution in [0, 0.1) is 0 Å². The molecule has 2 heterocycles. The predicted octanol–water partition coefficient (Wildman–Crippen LogP) is 4.02. The van der Waals surface area contributed by atoms with Crippen molar-refractivity contribution in [3.05, 3.63) is 60.2 Å². The maximum absolute atomic E-state index is 2.61. The van der Waals surface area contributed by atoms with Gasteiger partial charge in [-0.1, -0.05) is 36.4 Å². The summed E-state index contributed by atoms with van der Waals surface area (Å²) < 4.78 is 0. The molecule has 0 bridgehead atoms. The van der Waals surface area contributed by atoms with Gasteiger partial charge in [-0.3, -0.25) is 0 Å². The van der Waals surface area contributed by atoms with Crippen molar-refractivity contribution in [3.8, 4) is 0 Å². The number of para-hydroxylation sites is 2. The summed E-state index contributed by atoms with van der Waals surface area (Å²) in [5, 5.41) is 0. The van der Waals surface area contributed by atoms with Crippen LogP contribution in [-0.4, -0.2) is 12.7 Å². The van der Waals surface area contributed by atoms with E-state index in [4.69, 9.17) is 0 Å². The zero-order valence-corrected chi connectivity index (χ0v) is 11.7. The lowest BCUT2D eigenvalue weighted by Gasteiger charge is -2.49. The number of fused-ring (bicyclic) bond motifs is 3. The molecule has 1 unspecified atom stereocenters. The summed E-state index contributed by atoms with van der Waals surface area (Å²) in [6.07, 6.45) is 4.45. The van der Waals surface area contributed by atoms with E-state index in [1.807, 2.05) is 0 Å². The van der Waals surface area contributed by atoms with Gasteiger partial charge < -0.3 is 9.80 Å². The third kappa shape index (κ3) is 1.87. The van der Waals surface area contributed by atoms with Crippen molar-refractivity contribution in [1.29, 1.82) is 0 Å². The third-order valence-corrected chi connectivity index (χ3v) is 4.56. The van der Waals surface area contributed by atoms with Crippen LogP contribution in [0.5, 0.6) is 0 Å². The van der Waals surface area contributed by atoms with Crippen LogP contribution in [0.4, 0.5) is 11.4 Å². The maximum Gasteiger partial charge on any atom is 0.102 e. The van der Waals surface area contributed by atoms with Crippen molar-refractivity contribution in [1.82, 2.24) is 0 Å². The number of piperidine rings is 1. The largest absolute Gasteiger partial charge is 0.351 e. The van der Waals surface area contributed by atoms with Crippen molar-refractivity contribution in [3.63, 3.8) is 0 Å². The summed E-state index contributed by atoms with van der Waals surface area (Å²) in [4.78, 5) is 5.18. The van der Waals surface area contributed by atoms with Crippen molar-refractivity contribution >= 4 is 11.4 Å². The van der Waals surface area contributed by atoms with E-state index in [9.17, 15) is 0 Å². The quantitative estimate of drug-likeness (QED) is 0.767. The van der Waals surface area contributed by atoms with Gasteiger partial charge in [0, 0.05) is 24.5 Å². The molecule has 2 heteroatoms. The van der Waals surface area contributed by atoms with Gasteiger partial charge in [0.1, 0.15) is 6.17 Å². The van der Waals surface area contributed by atoms with E-state index >= 15 is 0 Å². The summed E-state index contributed by atoms with van der Waals surface area (Å²) in [6.45, 7) is 2.21. The number of hydrogen-bond acceptors (Lipinski definition) is 2. The molecule has 0 N–H and O–H groups in total. The molecule has 0 radical (unpaired) electrons. The van der Waals surface area contributed by atoms with Gasteiger partial charge in [0.15, 0.2) is 0 Å². The van der Waals surface area contributed by atoms with E-state index in [1.165, 1.54) is 42.7 Å². The molecule has 102 valence electrons. The number of anilines is 2. The minimum absolute atomic E-state index is 0.529. The highest BCUT2D eigenvalue weighted by Crippen LogP contribution is 2.37. The minimum atomic E-state index is 0.529. The standard InChI is InChI=1S/C18H20N2/c1-2-9-16(10-3-1)20-14-15-8-4-5-11-17(15)19-13-7-6-12-18(19)20/h1-5,8-11,18H,6-7,12-14H2. The Hall–Kier alpha value is -1.96. The van der Waals surface area contributed by atoms with E-state index in [0.717, 1.165) is 6.54 Å². The van der Waals surface area contributed by atoms with E-state index in [2.05, 4.69) is 64.4 Å². The number of rotatable bonds is 1. The predicted molar refractivity (Wildman–Crippen MR) is 84.1 cm³/mol. The molecule has 1 atom stereocenters. The molecule has 2 aromatic rings. The highest BCUT2D eigenvalue weighted by molar-refractivity contribution is 5.63. The monoisotopic (exact) mass is 264 g/mol. The molecule has 0 aliphatic carbocycles. The molecule has 0 saturated carbocycles. The molecule has 2 aromatic carbocycles. The normalized spacial score (nSPS) is 21.3. The van der Waals surface area contributed by atoms with Crippen molar-refractivity contribution < 1.29 is 0 Å². The van der Waals surface area contributed by atoms with Gasteiger partial charge in [-0.15, -0.1) is 0 Å². The van der Waals surface area contributed by atoms with Gasteiger partial charge >= 0.3 is 0 Å². The van der Waals surface area contributed by atoms with Crippen LogP contribution in [0.3, 0.4) is 0 Å². The van der Waals surface area contributed by atoms with Gasteiger partial charge in [-0.05, 0) is 43.0 Å². The number of hydrogen-bond donors (Lipinski definition) is 0.